The van der Waals surface area contributed by atoms with Crippen LogP contribution in [0.15, 0.2) is 84.9 Å². The van der Waals surface area contributed by atoms with Gasteiger partial charge in [0.2, 0.25) is 0 Å². The maximum absolute atomic E-state index is 13.5. The lowest BCUT2D eigenvalue weighted by molar-refractivity contribution is -0.184. The zero-order valence-corrected chi connectivity index (χ0v) is 26.4. The molecule has 8 nitrogen and oxygen atoms in total. The number of rotatable bonds is 11. The Morgan fingerprint density at radius 2 is 1.38 bits per heavy atom. The van der Waals surface area contributed by atoms with Gasteiger partial charge in [0.05, 0.1) is 46.8 Å². The number of nitrogens with zero attached hydrogens (tertiary/aromatic N) is 1. The molecule has 3 aromatic rings. The van der Waals surface area contributed by atoms with E-state index in [-0.39, 0.29) is 30.7 Å². The molecule has 0 N–H and O–H groups in total. The maximum atomic E-state index is 13.5. The van der Waals surface area contributed by atoms with Crippen molar-refractivity contribution >= 4 is 11.9 Å². The first-order valence-electron chi connectivity index (χ1n) is 15.8. The zero-order valence-electron chi connectivity index (χ0n) is 26.4. The third-order valence-electron chi connectivity index (χ3n) is 10.2. The highest BCUT2D eigenvalue weighted by Crippen LogP contribution is 2.57. The van der Waals surface area contributed by atoms with Crippen LogP contribution >= 0.6 is 0 Å². The van der Waals surface area contributed by atoms with E-state index in [9.17, 15) is 9.59 Å². The number of piperidine rings is 1. The molecule has 1 saturated carbocycles. The molecule has 2 bridgehead atoms. The molecule has 2 heterocycles. The lowest BCUT2D eigenvalue weighted by Gasteiger charge is -2.58. The normalized spacial score (nSPS) is 26.9. The third kappa shape index (κ3) is 6.11. The summed E-state index contributed by atoms with van der Waals surface area (Å²) in [6.07, 6.45) is 3.12. The molecule has 1 spiro atoms. The number of hydrogen-bond donors (Lipinski definition) is 0. The van der Waals surface area contributed by atoms with Gasteiger partial charge in [-0.3, -0.25) is 14.5 Å². The first-order chi connectivity index (χ1) is 21.9. The number of carbonyl (C=O) groups excluding carboxylic acids is 2. The minimum absolute atomic E-state index is 0.0385. The molecule has 45 heavy (non-hydrogen) atoms. The van der Waals surface area contributed by atoms with Crippen molar-refractivity contribution in [3.8, 4) is 5.75 Å². The Kier molecular flexibility index (Phi) is 9.26. The van der Waals surface area contributed by atoms with Crippen LogP contribution in [0.2, 0.25) is 0 Å². The van der Waals surface area contributed by atoms with Gasteiger partial charge in [0.1, 0.15) is 5.75 Å². The molecular weight excluding hydrogens is 570 g/mol. The Morgan fingerprint density at radius 1 is 0.778 bits per heavy atom. The van der Waals surface area contributed by atoms with Crippen molar-refractivity contribution in [2.24, 2.45) is 11.3 Å². The fourth-order valence-corrected chi connectivity index (χ4v) is 8.12. The molecule has 2 aliphatic heterocycles. The van der Waals surface area contributed by atoms with Crippen LogP contribution in [-0.2, 0) is 48.2 Å². The molecule has 0 radical (unpaired) electrons. The van der Waals surface area contributed by atoms with Gasteiger partial charge in [-0.25, -0.2) is 0 Å². The fraction of sp³-hybridized carbons (Fsp3) is 0.459. The van der Waals surface area contributed by atoms with Crippen molar-refractivity contribution in [1.29, 1.82) is 0 Å². The van der Waals surface area contributed by atoms with Crippen molar-refractivity contribution in [2.75, 3.05) is 27.9 Å². The quantitative estimate of drug-likeness (QED) is 0.211. The predicted octanol–water partition coefficient (Wildman–Crippen LogP) is 5.37. The standard InChI is InChI=1S/C37H43NO7/c1-41-29-16-14-26(15-17-29)20-31-33(45-23-28-12-8-5-9-13-28)30-21-36(19-18-32(30)44-22-27-10-6-4-7-11-27)24-37(25-38(31)36,34(39)42-2)35(40)43-3/h4-17,30-33H,18-25H2,1-3H3/t30-,31-,32-,33-,36-/m0/s1. The van der Waals surface area contributed by atoms with E-state index in [0.717, 1.165) is 41.7 Å². The van der Waals surface area contributed by atoms with Crippen molar-refractivity contribution in [3.05, 3.63) is 102 Å². The van der Waals surface area contributed by atoms with Gasteiger partial charge in [-0.15, -0.1) is 0 Å². The molecule has 0 amide bonds. The lowest BCUT2D eigenvalue weighted by Crippen LogP contribution is -2.67. The van der Waals surface area contributed by atoms with E-state index in [0.29, 0.717) is 26.1 Å². The Morgan fingerprint density at radius 3 is 1.96 bits per heavy atom. The van der Waals surface area contributed by atoms with E-state index in [1.54, 1.807) is 7.11 Å². The average molecular weight is 614 g/mol. The minimum Gasteiger partial charge on any atom is -0.497 e. The summed E-state index contributed by atoms with van der Waals surface area (Å²) in [7, 11) is 4.35. The molecule has 238 valence electrons. The molecule has 8 heteroatoms. The van der Waals surface area contributed by atoms with Crippen molar-refractivity contribution < 1.29 is 33.3 Å². The van der Waals surface area contributed by atoms with Gasteiger partial charge in [-0.2, -0.15) is 0 Å². The number of fused-ring (bicyclic) bond motifs is 1. The summed E-state index contributed by atoms with van der Waals surface area (Å²) < 4.78 is 29.6. The summed E-state index contributed by atoms with van der Waals surface area (Å²) in [6.45, 7) is 1.19. The van der Waals surface area contributed by atoms with Gasteiger partial charge >= 0.3 is 11.9 Å². The second-order valence-electron chi connectivity index (χ2n) is 12.7. The van der Waals surface area contributed by atoms with E-state index < -0.39 is 22.9 Å². The van der Waals surface area contributed by atoms with Crippen LogP contribution in [0, 0.1) is 11.3 Å². The van der Waals surface area contributed by atoms with Gasteiger partial charge in [0.15, 0.2) is 5.41 Å². The maximum Gasteiger partial charge on any atom is 0.324 e. The summed E-state index contributed by atoms with van der Waals surface area (Å²) in [4.78, 5) is 29.3. The van der Waals surface area contributed by atoms with E-state index in [1.165, 1.54) is 14.2 Å². The van der Waals surface area contributed by atoms with E-state index in [4.69, 9.17) is 23.7 Å². The number of carbonyl (C=O) groups is 2. The van der Waals surface area contributed by atoms with Crippen LogP contribution in [0.4, 0.5) is 0 Å². The smallest absolute Gasteiger partial charge is 0.324 e. The predicted molar refractivity (Wildman–Crippen MR) is 168 cm³/mol. The Labute approximate surface area is 265 Å². The van der Waals surface area contributed by atoms with Gasteiger partial charge in [-0.05, 0) is 60.9 Å². The molecule has 2 saturated heterocycles. The van der Waals surface area contributed by atoms with Crippen LogP contribution in [0.25, 0.3) is 0 Å². The number of esters is 2. The average Bonchev–Trinajstić information content (AvgIpc) is 3.43. The van der Waals surface area contributed by atoms with Gasteiger partial charge in [0.25, 0.3) is 0 Å². The van der Waals surface area contributed by atoms with Crippen LogP contribution in [0.5, 0.6) is 5.75 Å². The summed E-state index contributed by atoms with van der Waals surface area (Å²) in [5.41, 5.74) is 1.54. The fourth-order valence-electron chi connectivity index (χ4n) is 8.12. The van der Waals surface area contributed by atoms with E-state index in [2.05, 4.69) is 41.3 Å². The highest BCUT2D eigenvalue weighted by molar-refractivity contribution is 6.01. The Balaban J connectivity index is 1.39. The summed E-state index contributed by atoms with van der Waals surface area (Å²) >= 11 is 0. The topological polar surface area (TPSA) is 83.5 Å². The highest BCUT2D eigenvalue weighted by atomic mass is 16.5. The largest absolute Gasteiger partial charge is 0.497 e. The number of hydrogen-bond acceptors (Lipinski definition) is 8. The molecule has 1 aliphatic carbocycles. The number of benzene rings is 3. The molecule has 3 aromatic carbocycles. The molecule has 3 fully saturated rings. The van der Waals surface area contributed by atoms with Crippen molar-refractivity contribution in [2.45, 2.75) is 69.1 Å². The lowest BCUT2D eigenvalue weighted by atomic mass is 9.63. The van der Waals surface area contributed by atoms with Gasteiger partial charge in [-0.1, -0.05) is 72.8 Å². The first-order valence-corrected chi connectivity index (χ1v) is 15.8. The van der Waals surface area contributed by atoms with Crippen LogP contribution in [0.3, 0.4) is 0 Å². The van der Waals surface area contributed by atoms with Crippen LogP contribution in [0.1, 0.15) is 42.4 Å². The third-order valence-corrected chi connectivity index (χ3v) is 10.2. The van der Waals surface area contributed by atoms with Crippen molar-refractivity contribution in [1.82, 2.24) is 4.90 Å². The van der Waals surface area contributed by atoms with Crippen LogP contribution in [-0.4, -0.2) is 68.5 Å². The Bertz CT molecular complexity index is 1430. The minimum atomic E-state index is -1.40. The molecule has 3 aliphatic rings. The zero-order chi connectivity index (χ0) is 31.4. The van der Waals surface area contributed by atoms with E-state index in [1.807, 2.05) is 48.5 Å². The summed E-state index contributed by atoms with van der Waals surface area (Å²) in [5.74, 6) is -0.237. The molecule has 0 aromatic heterocycles. The molecule has 5 atom stereocenters. The first kappa shape index (κ1) is 31.3. The second kappa shape index (κ2) is 13.3. The molecule has 0 unspecified atom stereocenters. The molecular formula is C37H43NO7. The monoisotopic (exact) mass is 613 g/mol. The second-order valence-corrected chi connectivity index (χ2v) is 12.7. The van der Waals surface area contributed by atoms with Gasteiger partial charge < -0.3 is 23.7 Å². The Hall–Kier alpha value is -3.72. The summed E-state index contributed by atoms with van der Waals surface area (Å²) in [5, 5.41) is 0. The van der Waals surface area contributed by atoms with Gasteiger partial charge in [0, 0.05) is 24.0 Å². The van der Waals surface area contributed by atoms with E-state index >= 15 is 0 Å². The molecule has 6 rings (SSSR count). The number of ether oxygens (including phenoxy) is 5. The SMILES string of the molecule is COC(=O)C1(C(=O)OC)CN2[C@@H](Cc3ccc(OC)cc3)[C@@H](OCc3ccccc3)[C@H]3C[C@@]2(CC[C@@H]3OCc2ccccc2)C1. The summed E-state index contributed by atoms with van der Waals surface area (Å²) in [6, 6.07) is 28.4. The van der Waals surface area contributed by atoms with Crippen molar-refractivity contribution in [3.63, 3.8) is 0 Å². The number of methoxy groups -OCH3 is 3. The van der Waals surface area contributed by atoms with Crippen LogP contribution < -0.4 is 4.74 Å². The highest BCUT2D eigenvalue weighted by Gasteiger charge is 2.68.